The van der Waals surface area contributed by atoms with E-state index in [0.29, 0.717) is 17.6 Å². The quantitative estimate of drug-likeness (QED) is 0.571. The van der Waals surface area contributed by atoms with Gasteiger partial charge in [-0.2, -0.15) is 0 Å². The van der Waals surface area contributed by atoms with Gasteiger partial charge in [0.05, 0.1) is 12.0 Å². The molecule has 3 aromatic rings. The summed E-state index contributed by atoms with van der Waals surface area (Å²) in [7, 11) is 2.21. The number of nitrogens with one attached hydrogen (secondary N) is 1. The van der Waals surface area contributed by atoms with Gasteiger partial charge >= 0.3 is 0 Å². The third-order valence-corrected chi connectivity index (χ3v) is 4.90. The van der Waals surface area contributed by atoms with Gasteiger partial charge in [0.25, 0.3) is 0 Å². The number of aromatic amines is 1. The first kappa shape index (κ1) is 15.0. The van der Waals surface area contributed by atoms with Crippen molar-refractivity contribution in [2.45, 2.75) is 25.3 Å². The van der Waals surface area contributed by atoms with Crippen molar-refractivity contribution in [2.75, 3.05) is 13.6 Å². The van der Waals surface area contributed by atoms with Crippen LogP contribution in [-0.4, -0.2) is 35.4 Å². The first-order chi connectivity index (χ1) is 11.7. The highest BCUT2D eigenvalue weighted by molar-refractivity contribution is 5.97. The molecule has 0 saturated carbocycles. The molecule has 5 nitrogen and oxygen atoms in total. The number of amidine groups is 1. The number of likely N-dealkylation sites (N-methyl/N-ethyl adjacent to an activating group) is 1. The van der Waals surface area contributed by atoms with Crippen LogP contribution in [0.3, 0.4) is 0 Å². The van der Waals surface area contributed by atoms with Crippen LogP contribution in [0.25, 0.3) is 10.9 Å². The van der Waals surface area contributed by atoms with Gasteiger partial charge in [0.15, 0.2) is 11.6 Å². The van der Waals surface area contributed by atoms with E-state index >= 15 is 0 Å². The van der Waals surface area contributed by atoms with E-state index in [9.17, 15) is 0 Å². The molecule has 5 heteroatoms. The summed E-state index contributed by atoms with van der Waals surface area (Å²) in [6.45, 7) is 1.20. The Bertz CT molecular complexity index is 863. The number of nitrogens with zero attached hydrogens (tertiary/aromatic N) is 2. The largest absolute Gasteiger partial charge is 0.461 e. The minimum absolute atomic E-state index is 0.395. The molecule has 0 aliphatic carbocycles. The van der Waals surface area contributed by atoms with Gasteiger partial charge in [-0.1, -0.05) is 0 Å². The Balaban J connectivity index is 1.64. The number of benzene rings is 1. The van der Waals surface area contributed by atoms with E-state index in [1.807, 2.05) is 18.2 Å². The molecule has 1 aliphatic rings. The summed E-state index contributed by atoms with van der Waals surface area (Å²) in [6.07, 6.45) is 7.35. The fourth-order valence-corrected chi connectivity index (χ4v) is 3.51. The van der Waals surface area contributed by atoms with E-state index in [0.717, 1.165) is 17.6 Å². The number of likely N-dealkylation sites (tertiary alicyclic amines) is 1. The summed E-state index contributed by atoms with van der Waals surface area (Å²) in [4.78, 5) is 10.3. The average Bonchev–Trinajstić information content (AvgIpc) is 3.31. The van der Waals surface area contributed by atoms with Crippen LogP contribution >= 0.6 is 0 Å². The van der Waals surface area contributed by atoms with Crippen molar-refractivity contribution in [3.8, 4) is 0 Å². The number of aliphatic imine (C=N–C) groups is 1. The molecule has 1 fully saturated rings. The number of hydrogen-bond donors (Lipinski definition) is 2. The number of rotatable bonds is 4. The molecule has 3 heterocycles. The van der Waals surface area contributed by atoms with Crippen LogP contribution in [0.4, 0.5) is 5.69 Å². The van der Waals surface area contributed by atoms with Crippen LogP contribution in [0.5, 0.6) is 0 Å². The van der Waals surface area contributed by atoms with Crippen LogP contribution in [0, 0.1) is 0 Å². The van der Waals surface area contributed by atoms with Gasteiger partial charge in [0.1, 0.15) is 0 Å². The van der Waals surface area contributed by atoms with Crippen molar-refractivity contribution < 1.29 is 4.42 Å². The van der Waals surface area contributed by atoms with Gasteiger partial charge in [-0.3, -0.25) is 0 Å². The molecule has 0 amide bonds. The van der Waals surface area contributed by atoms with E-state index in [-0.39, 0.29) is 0 Å². The Morgan fingerprint density at radius 3 is 3.08 bits per heavy atom. The van der Waals surface area contributed by atoms with Crippen LogP contribution in [0.15, 0.2) is 52.2 Å². The molecule has 1 saturated heterocycles. The number of fused-ring (bicyclic) bond motifs is 1. The highest BCUT2D eigenvalue weighted by Crippen LogP contribution is 2.28. The second kappa shape index (κ2) is 6.17. The lowest BCUT2D eigenvalue weighted by Gasteiger charge is -2.18. The van der Waals surface area contributed by atoms with Crippen molar-refractivity contribution in [3.05, 3.63) is 54.1 Å². The maximum Gasteiger partial charge on any atom is 0.168 e. The first-order valence-electron chi connectivity index (χ1n) is 8.39. The molecule has 24 heavy (non-hydrogen) atoms. The van der Waals surface area contributed by atoms with Gasteiger partial charge in [-0.05, 0) is 68.8 Å². The summed E-state index contributed by atoms with van der Waals surface area (Å²) < 4.78 is 5.30. The molecule has 2 aromatic heterocycles. The molecule has 0 radical (unpaired) electrons. The monoisotopic (exact) mass is 322 g/mol. The molecule has 3 N–H and O–H groups in total. The van der Waals surface area contributed by atoms with E-state index in [1.54, 1.807) is 6.26 Å². The van der Waals surface area contributed by atoms with Crippen molar-refractivity contribution >= 4 is 22.4 Å². The van der Waals surface area contributed by atoms with E-state index in [2.05, 4.69) is 40.3 Å². The van der Waals surface area contributed by atoms with Gasteiger partial charge in [-0.25, -0.2) is 4.99 Å². The van der Waals surface area contributed by atoms with Crippen molar-refractivity contribution in [1.82, 2.24) is 9.88 Å². The van der Waals surface area contributed by atoms with Crippen LogP contribution in [0.1, 0.15) is 24.2 Å². The lowest BCUT2D eigenvalue weighted by atomic mass is 10.0. The molecule has 1 aliphatic heterocycles. The van der Waals surface area contributed by atoms with Crippen LogP contribution in [0.2, 0.25) is 0 Å². The predicted molar refractivity (Wildman–Crippen MR) is 96.7 cm³/mol. The molecule has 1 unspecified atom stereocenters. The number of aromatic nitrogens is 1. The third kappa shape index (κ3) is 2.83. The second-order valence-electron chi connectivity index (χ2n) is 6.50. The van der Waals surface area contributed by atoms with Gasteiger partial charge < -0.3 is 20.0 Å². The highest BCUT2D eigenvalue weighted by Gasteiger charge is 2.22. The molecule has 0 bridgehead atoms. The summed E-state index contributed by atoms with van der Waals surface area (Å²) in [5, 5.41) is 1.23. The number of furan rings is 1. The Morgan fingerprint density at radius 1 is 1.42 bits per heavy atom. The Hall–Kier alpha value is -2.53. The minimum Gasteiger partial charge on any atom is -0.461 e. The van der Waals surface area contributed by atoms with E-state index in [1.165, 1.54) is 30.3 Å². The Labute approximate surface area is 141 Å². The first-order valence-corrected chi connectivity index (χ1v) is 8.39. The molecular formula is C19H22N4O. The Kier molecular flexibility index (Phi) is 3.86. The van der Waals surface area contributed by atoms with Gasteiger partial charge in [-0.15, -0.1) is 0 Å². The molecule has 1 atom stereocenters. The van der Waals surface area contributed by atoms with Crippen LogP contribution in [-0.2, 0) is 6.42 Å². The topological polar surface area (TPSA) is 70.5 Å². The maximum atomic E-state index is 6.02. The van der Waals surface area contributed by atoms with Crippen molar-refractivity contribution in [2.24, 2.45) is 10.7 Å². The summed E-state index contributed by atoms with van der Waals surface area (Å²) >= 11 is 0. The smallest absolute Gasteiger partial charge is 0.168 e. The molecule has 0 spiro atoms. The fourth-order valence-electron chi connectivity index (χ4n) is 3.51. The zero-order valence-corrected chi connectivity index (χ0v) is 13.8. The van der Waals surface area contributed by atoms with Crippen LogP contribution < -0.4 is 5.73 Å². The zero-order chi connectivity index (χ0) is 16.5. The SMILES string of the molecule is CN1CCCC1Cc1c[nH]c2ccc(N=C(N)c3ccco3)cc12. The van der Waals surface area contributed by atoms with Crippen molar-refractivity contribution in [1.29, 1.82) is 0 Å². The summed E-state index contributed by atoms with van der Waals surface area (Å²) in [6, 6.07) is 10.4. The molecular weight excluding hydrogens is 300 g/mol. The fraction of sp³-hybridized carbons (Fsp3) is 0.316. The molecule has 4 rings (SSSR count). The minimum atomic E-state index is 0.395. The third-order valence-electron chi connectivity index (χ3n) is 4.90. The van der Waals surface area contributed by atoms with E-state index in [4.69, 9.17) is 10.2 Å². The second-order valence-corrected chi connectivity index (χ2v) is 6.50. The highest BCUT2D eigenvalue weighted by atomic mass is 16.3. The summed E-state index contributed by atoms with van der Waals surface area (Å²) in [5.41, 5.74) is 9.35. The van der Waals surface area contributed by atoms with Gasteiger partial charge in [0, 0.05) is 23.1 Å². The molecule has 124 valence electrons. The lowest BCUT2D eigenvalue weighted by Crippen LogP contribution is -2.26. The standard InChI is InChI=1S/C19H22N4O/c1-23-8-2-4-15(23)10-13-12-21-17-7-6-14(11-16(13)17)22-19(20)18-5-3-9-24-18/h3,5-7,9,11-12,15,21H,2,4,8,10H2,1H3,(H2,20,22). The maximum absolute atomic E-state index is 6.02. The van der Waals surface area contributed by atoms with Gasteiger partial charge in [0.2, 0.25) is 0 Å². The molecule has 1 aromatic carbocycles. The summed E-state index contributed by atoms with van der Waals surface area (Å²) in [5.74, 6) is 0.990. The number of H-pyrrole nitrogens is 1. The average molecular weight is 322 g/mol. The predicted octanol–water partition coefficient (Wildman–Crippen LogP) is 3.43. The van der Waals surface area contributed by atoms with Crippen molar-refractivity contribution in [3.63, 3.8) is 0 Å². The zero-order valence-electron chi connectivity index (χ0n) is 13.8. The van der Waals surface area contributed by atoms with E-state index < -0.39 is 0 Å². The number of nitrogens with two attached hydrogens (primary N) is 1. The normalized spacial score (nSPS) is 19.4. The lowest BCUT2D eigenvalue weighted by molar-refractivity contribution is 0.310. The number of hydrogen-bond acceptors (Lipinski definition) is 3. The Morgan fingerprint density at radius 2 is 2.33 bits per heavy atom.